The van der Waals surface area contributed by atoms with Crippen molar-refractivity contribution in [2.75, 3.05) is 25.5 Å². The number of fused-ring (bicyclic) bond motifs is 1. The quantitative estimate of drug-likeness (QED) is 0.889. The molecule has 1 N–H and O–H groups in total. The monoisotopic (exact) mass is 360 g/mol. The number of hydrogen-bond acceptors (Lipinski definition) is 5. The lowest BCUT2D eigenvalue weighted by Gasteiger charge is -2.45. The van der Waals surface area contributed by atoms with Gasteiger partial charge in [-0.1, -0.05) is 0 Å². The molecule has 1 aliphatic carbocycles. The molecule has 6 heteroatoms. The van der Waals surface area contributed by atoms with Crippen LogP contribution in [0.5, 0.6) is 0 Å². The summed E-state index contributed by atoms with van der Waals surface area (Å²) in [5, 5.41) is 13.4. The van der Waals surface area contributed by atoms with Crippen LogP contribution < -0.4 is 5.32 Å². The highest BCUT2D eigenvalue weighted by atomic mass is 79.9. The summed E-state index contributed by atoms with van der Waals surface area (Å²) in [5.41, 5.74) is 1.16. The molecule has 1 spiro atoms. The Morgan fingerprint density at radius 2 is 2.36 bits per heavy atom. The molecule has 5 nitrogen and oxygen atoms in total. The fourth-order valence-corrected chi connectivity index (χ4v) is 4.44. The van der Waals surface area contributed by atoms with Gasteiger partial charge in [0, 0.05) is 24.0 Å². The van der Waals surface area contributed by atoms with E-state index in [2.05, 4.69) is 38.2 Å². The SMILES string of the molecule is CN1CCC2(CC(Nc3ncc4oc(C#N)cc4c3Br)C2)C1. The standard InChI is InChI=1S/C16H17BrN4O/c1-21-3-2-16(9-21)5-10(6-16)20-15-14(17)12-4-11(7-18)22-13(12)8-19-15/h4,8,10H,2-3,5-6,9H2,1H3,(H,19,20). The smallest absolute Gasteiger partial charge is 0.204 e. The van der Waals surface area contributed by atoms with Crippen LogP contribution in [0.15, 0.2) is 21.2 Å². The summed E-state index contributed by atoms with van der Waals surface area (Å²) >= 11 is 3.59. The molecule has 0 atom stereocenters. The molecule has 0 bridgehead atoms. The molecule has 1 saturated carbocycles. The van der Waals surface area contributed by atoms with Crippen molar-refractivity contribution in [3.63, 3.8) is 0 Å². The average Bonchev–Trinajstić information content (AvgIpc) is 3.05. The first-order valence-electron chi connectivity index (χ1n) is 7.52. The van der Waals surface area contributed by atoms with Crippen molar-refractivity contribution in [3.8, 4) is 6.07 Å². The highest BCUT2D eigenvalue weighted by molar-refractivity contribution is 9.10. The molecule has 22 heavy (non-hydrogen) atoms. The van der Waals surface area contributed by atoms with Gasteiger partial charge < -0.3 is 14.6 Å². The molecular formula is C16H17BrN4O. The second kappa shape index (κ2) is 4.97. The van der Waals surface area contributed by atoms with Crippen LogP contribution in [0, 0.1) is 16.7 Å². The maximum atomic E-state index is 8.93. The molecule has 0 radical (unpaired) electrons. The van der Waals surface area contributed by atoms with E-state index in [0.717, 1.165) is 15.7 Å². The Hall–Kier alpha value is -1.58. The van der Waals surface area contributed by atoms with E-state index < -0.39 is 0 Å². The summed E-state index contributed by atoms with van der Waals surface area (Å²) in [7, 11) is 2.20. The lowest BCUT2D eigenvalue weighted by atomic mass is 9.65. The van der Waals surface area contributed by atoms with E-state index in [4.69, 9.17) is 9.68 Å². The number of nitriles is 1. The molecule has 2 aliphatic rings. The van der Waals surface area contributed by atoms with E-state index >= 15 is 0 Å². The van der Waals surface area contributed by atoms with Crippen molar-refractivity contribution in [2.24, 2.45) is 5.41 Å². The third kappa shape index (κ3) is 2.20. The minimum Gasteiger partial charge on any atom is -0.444 e. The second-order valence-electron chi connectivity index (χ2n) is 6.66. The first-order chi connectivity index (χ1) is 10.6. The minimum atomic E-state index is 0.311. The van der Waals surface area contributed by atoms with Crippen LogP contribution in [0.3, 0.4) is 0 Å². The van der Waals surface area contributed by atoms with E-state index in [1.54, 1.807) is 12.3 Å². The maximum absolute atomic E-state index is 8.93. The molecule has 0 amide bonds. The first-order valence-corrected chi connectivity index (χ1v) is 8.31. The summed E-state index contributed by atoms with van der Waals surface area (Å²) in [6.45, 7) is 2.43. The van der Waals surface area contributed by atoms with Gasteiger partial charge in [-0.2, -0.15) is 5.26 Å². The molecule has 4 rings (SSSR count). The zero-order valence-electron chi connectivity index (χ0n) is 12.4. The van der Waals surface area contributed by atoms with Crippen molar-refractivity contribution in [1.29, 1.82) is 5.26 Å². The Bertz CT molecular complexity index is 772. The predicted octanol–water partition coefficient (Wildman–Crippen LogP) is 3.36. The molecule has 114 valence electrons. The van der Waals surface area contributed by atoms with Crippen LogP contribution in [0.1, 0.15) is 25.0 Å². The highest BCUT2D eigenvalue weighted by Gasteiger charge is 2.47. The summed E-state index contributed by atoms with van der Waals surface area (Å²) in [6.07, 6.45) is 5.40. The van der Waals surface area contributed by atoms with Crippen molar-refractivity contribution in [2.45, 2.75) is 25.3 Å². The van der Waals surface area contributed by atoms with Crippen LogP contribution in [0.4, 0.5) is 5.82 Å². The molecule has 0 unspecified atom stereocenters. The third-order valence-electron chi connectivity index (χ3n) is 4.96. The second-order valence-corrected chi connectivity index (χ2v) is 7.45. The highest BCUT2D eigenvalue weighted by Crippen LogP contribution is 2.49. The van der Waals surface area contributed by atoms with Gasteiger partial charge in [0.2, 0.25) is 5.76 Å². The van der Waals surface area contributed by atoms with Crippen molar-refractivity contribution in [1.82, 2.24) is 9.88 Å². The van der Waals surface area contributed by atoms with Crippen LogP contribution in [0.2, 0.25) is 0 Å². The summed E-state index contributed by atoms with van der Waals surface area (Å²) in [6, 6.07) is 4.25. The van der Waals surface area contributed by atoms with Gasteiger partial charge in [0.15, 0.2) is 5.58 Å². The van der Waals surface area contributed by atoms with E-state index in [1.807, 2.05) is 6.07 Å². The Labute approximate surface area is 137 Å². The molecule has 2 aromatic rings. The third-order valence-corrected chi connectivity index (χ3v) is 5.76. The Morgan fingerprint density at radius 1 is 1.55 bits per heavy atom. The van der Waals surface area contributed by atoms with Gasteiger partial charge in [-0.25, -0.2) is 4.98 Å². The molecule has 2 aromatic heterocycles. The number of nitrogens with one attached hydrogen (secondary N) is 1. The maximum Gasteiger partial charge on any atom is 0.204 e. The fourth-order valence-electron chi connectivity index (χ4n) is 3.91. The number of anilines is 1. The Kier molecular flexibility index (Phi) is 3.17. The van der Waals surface area contributed by atoms with E-state index in [0.29, 0.717) is 22.8 Å². The molecule has 2 fully saturated rings. The van der Waals surface area contributed by atoms with E-state index in [9.17, 15) is 0 Å². The molecule has 3 heterocycles. The van der Waals surface area contributed by atoms with Gasteiger partial charge in [-0.05, 0) is 54.2 Å². The average molecular weight is 361 g/mol. The number of nitrogens with zero attached hydrogens (tertiary/aromatic N) is 3. The molecule has 1 aliphatic heterocycles. The zero-order chi connectivity index (χ0) is 15.3. The molecular weight excluding hydrogens is 344 g/mol. The van der Waals surface area contributed by atoms with Gasteiger partial charge in [-0.3, -0.25) is 0 Å². The number of halogens is 1. The number of aromatic nitrogens is 1. The number of furan rings is 1. The van der Waals surface area contributed by atoms with Gasteiger partial charge in [0.1, 0.15) is 11.9 Å². The molecule has 1 saturated heterocycles. The van der Waals surface area contributed by atoms with Gasteiger partial charge in [-0.15, -0.1) is 0 Å². The normalized spacial score (nSPS) is 28.0. The Morgan fingerprint density at radius 3 is 3.05 bits per heavy atom. The van der Waals surface area contributed by atoms with E-state index in [-0.39, 0.29) is 0 Å². The lowest BCUT2D eigenvalue weighted by Crippen LogP contribution is -2.46. The number of pyridine rings is 1. The van der Waals surface area contributed by atoms with Crippen LogP contribution in [0.25, 0.3) is 11.0 Å². The lowest BCUT2D eigenvalue weighted by molar-refractivity contribution is 0.126. The van der Waals surface area contributed by atoms with Crippen LogP contribution >= 0.6 is 15.9 Å². The first kappa shape index (κ1) is 14.0. The van der Waals surface area contributed by atoms with Crippen molar-refractivity contribution < 1.29 is 4.42 Å². The Balaban J connectivity index is 1.51. The number of rotatable bonds is 2. The molecule has 0 aromatic carbocycles. The van der Waals surface area contributed by atoms with Crippen LogP contribution in [-0.2, 0) is 0 Å². The van der Waals surface area contributed by atoms with Gasteiger partial charge >= 0.3 is 0 Å². The van der Waals surface area contributed by atoms with E-state index in [1.165, 1.54) is 32.4 Å². The summed E-state index contributed by atoms with van der Waals surface area (Å²) in [4.78, 5) is 6.86. The van der Waals surface area contributed by atoms with Crippen molar-refractivity contribution in [3.05, 3.63) is 22.5 Å². The largest absolute Gasteiger partial charge is 0.444 e. The topological polar surface area (TPSA) is 65.1 Å². The van der Waals surface area contributed by atoms with Crippen LogP contribution in [-0.4, -0.2) is 36.1 Å². The number of hydrogen-bond donors (Lipinski definition) is 1. The summed E-state index contributed by atoms with van der Waals surface area (Å²) in [5.74, 6) is 1.15. The van der Waals surface area contributed by atoms with Gasteiger partial charge in [0.25, 0.3) is 0 Å². The number of likely N-dealkylation sites (tertiary alicyclic amines) is 1. The zero-order valence-corrected chi connectivity index (χ0v) is 14.0. The minimum absolute atomic E-state index is 0.311. The van der Waals surface area contributed by atoms with Gasteiger partial charge in [0.05, 0.1) is 10.7 Å². The fraction of sp³-hybridized carbons (Fsp3) is 0.500. The summed E-state index contributed by atoms with van der Waals surface area (Å²) < 4.78 is 6.27. The van der Waals surface area contributed by atoms with Crippen molar-refractivity contribution >= 4 is 32.7 Å². The predicted molar refractivity (Wildman–Crippen MR) is 87.6 cm³/mol.